The minimum Gasteiger partial charge on any atom is -0.346 e. The van der Waals surface area contributed by atoms with E-state index in [0.717, 1.165) is 11.3 Å². The first-order chi connectivity index (χ1) is 11.4. The Kier molecular flexibility index (Phi) is 4.41. The van der Waals surface area contributed by atoms with Crippen molar-refractivity contribution in [2.75, 3.05) is 11.5 Å². The Morgan fingerprint density at radius 3 is 2.54 bits per heavy atom. The molecule has 1 fully saturated rings. The van der Waals surface area contributed by atoms with E-state index in [2.05, 4.69) is 10.3 Å². The number of aromatic nitrogens is 1. The van der Waals surface area contributed by atoms with Gasteiger partial charge in [-0.1, -0.05) is 30.3 Å². The molecule has 126 valence electrons. The maximum absolute atomic E-state index is 12.3. The second-order valence-electron chi connectivity index (χ2n) is 6.56. The van der Waals surface area contributed by atoms with E-state index in [1.54, 1.807) is 19.2 Å². The number of sulfone groups is 1. The van der Waals surface area contributed by atoms with Gasteiger partial charge in [0.1, 0.15) is 0 Å². The monoisotopic (exact) mass is 344 g/mol. The van der Waals surface area contributed by atoms with Gasteiger partial charge in [0.15, 0.2) is 9.84 Å². The Labute approximate surface area is 142 Å². The van der Waals surface area contributed by atoms with Crippen molar-refractivity contribution >= 4 is 15.7 Å². The lowest BCUT2D eigenvalue weighted by atomic mass is 10.0. The average molecular weight is 344 g/mol. The first kappa shape index (κ1) is 16.6. The molecule has 3 rings (SSSR count). The van der Waals surface area contributed by atoms with Crippen LogP contribution in [0.15, 0.2) is 48.7 Å². The number of benzene rings is 1. The van der Waals surface area contributed by atoms with Gasteiger partial charge in [-0.25, -0.2) is 8.42 Å². The minimum absolute atomic E-state index is 0.00867. The molecule has 1 atom stereocenters. The fourth-order valence-corrected chi connectivity index (χ4v) is 5.02. The van der Waals surface area contributed by atoms with Crippen molar-refractivity contribution in [3.8, 4) is 0 Å². The molecule has 0 unspecified atom stereocenters. The van der Waals surface area contributed by atoms with Gasteiger partial charge in [0.05, 0.1) is 22.6 Å². The first-order valence-corrected chi connectivity index (χ1v) is 9.69. The molecule has 5 nitrogen and oxygen atoms in total. The summed E-state index contributed by atoms with van der Waals surface area (Å²) in [5.74, 6) is -0.170. The Bertz CT molecular complexity index is 832. The van der Waals surface area contributed by atoms with Crippen LogP contribution in [0.5, 0.6) is 0 Å². The highest BCUT2D eigenvalue weighted by Gasteiger charge is 2.39. The van der Waals surface area contributed by atoms with Crippen molar-refractivity contribution in [1.82, 2.24) is 10.3 Å². The van der Waals surface area contributed by atoms with E-state index in [4.69, 9.17) is 0 Å². The lowest BCUT2D eigenvalue weighted by Crippen LogP contribution is -2.46. The van der Waals surface area contributed by atoms with Crippen molar-refractivity contribution in [2.24, 2.45) is 0 Å². The Balaban J connectivity index is 1.66. The van der Waals surface area contributed by atoms with Crippen LogP contribution in [0, 0.1) is 0 Å². The van der Waals surface area contributed by atoms with Crippen molar-refractivity contribution in [2.45, 2.75) is 25.3 Å². The van der Waals surface area contributed by atoms with Gasteiger partial charge in [0.2, 0.25) is 0 Å². The van der Waals surface area contributed by atoms with Gasteiger partial charge in [0, 0.05) is 18.3 Å². The molecule has 0 bridgehead atoms. The van der Waals surface area contributed by atoms with E-state index in [-0.39, 0.29) is 17.4 Å². The summed E-state index contributed by atoms with van der Waals surface area (Å²) >= 11 is 0. The van der Waals surface area contributed by atoms with Gasteiger partial charge >= 0.3 is 0 Å². The number of nitrogens with one attached hydrogen (secondary N) is 1. The molecular formula is C18H20N2O3S. The number of carbonyl (C=O) groups is 1. The molecule has 0 aliphatic carbocycles. The normalized spacial score (nSPS) is 22.2. The van der Waals surface area contributed by atoms with Crippen molar-refractivity contribution < 1.29 is 13.2 Å². The number of amides is 1. The van der Waals surface area contributed by atoms with Crippen molar-refractivity contribution in [1.29, 1.82) is 0 Å². The molecule has 0 spiro atoms. The Hall–Kier alpha value is -2.21. The fraction of sp³-hybridized carbons (Fsp3) is 0.333. The smallest absolute Gasteiger partial charge is 0.253 e. The minimum atomic E-state index is -3.05. The zero-order valence-electron chi connectivity index (χ0n) is 13.5. The summed E-state index contributed by atoms with van der Waals surface area (Å²) in [5, 5.41) is 2.84. The summed E-state index contributed by atoms with van der Waals surface area (Å²) in [6.07, 6.45) is 2.69. The quantitative estimate of drug-likeness (QED) is 0.920. The maximum Gasteiger partial charge on any atom is 0.253 e. The van der Waals surface area contributed by atoms with E-state index < -0.39 is 15.4 Å². The fourth-order valence-electron chi connectivity index (χ4n) is 2.92. The maximum atomic E-state index is 12.3. The highest BCUT2D eigenvalue weighted by atomic mass is 32.2. The van der Waals surface area contributed by atoms with Crippen LogP contribution in [0.1, 0.15) is 35.0 Å². The number of hydrogen-bond acceptors (Lipinski definition) is 4. The Morgan fingerprint density at radius 1 is 1.21 bits per heavy atom. The second kappa shape index (κ2) is 6.36. The van der Waals surface area contributed by atoms with Gasteiger partial charge in [-0.2, -0.15) is 0 Å². The highest BCUT2D eigenvalue weighted by molar-refractivity contribution is 7.91. The molecule has 1 aliphatic rings. The third-order valence-corrected chi connectivity index (χ3v) is 6.14. The van der Waals surface area contributed by atoms with Crippen LogP contribution in [0.25, 0.3) is 0 Å². The van der Waals surface area contributed by atoms with E-state index in [9.17, 15) is 13.2 Å². The molecule has 1 aromatic carbocycles. The third-order valence-electron chi connectivity index (χ3n) is 4.23. The van der Waals surface area contributed by atoms with Crippen LogP contribution in [-0.2, 0) is 16.3 Å². The average Bonchev–Trinajstić information content (AvgIpc) is 2.82. The van der Waals surface area contributed by atoms with Crippen LogP contribution in [0.4, 0.5) is 0 Å². The van der Waals surface area contributed by atoms with Crippen LogP contribution in [-0.4, -0.2) is 36.4 Å². The number of pyridine rings is 1. The molecule has 0 saturated carbocycles. The predicted molar refractivity (Wildman–Crippen MR) is 92.6 cm³/mol. The summed E-state index contributed by atoms with van der Waals surface area (Å²) in [5.41, 5.74) is 1.79. The molecule has 24 heavy (non-hydrogen) atoms. The third kappa shape index (κ3) is 4.00. The predicted octanol–water partition coefficient (Wildman–Crippen LogP) is 1.98. The molecule has 6 heteroatoms. The number of hydrogen-bond donors (Lipinski definition) is 1. The number of rotatable bonds is 4. The van der Waals surface area contributed by atoms with Crippen LogP contribution in [0.3, 0.4) is 0 Å². The van der Waals surface area contributed by atoms with Crippen LogP contribution < -0.4 is 5.32 Å². The highest BCUT2D eigenvalue weighted by Crippen LogP contribution is 2.23. The summed E-state index contributed by atoms with van der Waals surface area (Å²) in [4.78, 5) is 16.7. The summed E-state index contributed by atoms with van der Waals surface area (Å²) in [6, 6.07) is 13.5. The molecule has 1 aromatic heterocycles. The molecule has 1 amide bonds. The standard InChI is InChI=1S/C18H20N2O3S/c1-18(9-10-24(22,23)13-18)20-17(21)15-7-8-16(19-12-15)11-14-5-3-2-4-6-14/h2-8,12H,9-11,13H2,1H3,(H,20,21)/t18-/m1/s1. The zero-order chi connectivity index (χ0) is 17.2. The largest absolute Gasteiger partial charge is 0.346 e. The first-order valence-electron chi connectivity index (χ1n) is 7.87. The van der Waals surface area contributed by atoms with Crippen molar-refractivity contribution in [3.63, 3.8) is 0 Å². The molecule has 2 heterocycles. The summed E-state index contributed by atoms with van der Waals surface area (Å²) in [7, 11) is -3.05. The topological polar surface area (TPSA) is 76.1 Å². The SMILES string of the molecule is C[C@@]1(NC(=O)c2ccc(Cc3ccccc3)nc2)CCS(=O)(=O)C1. The Morgan fingerprint density at radius 2 is 1.96 bits per heavy atom. The van der Waals surface area contributed by atoms with Gasteiger partial charge < -0.3 is 5.32 Å². The molecule has 1 N–H and O–H groups in total. The molecule has 1 saturated heterocycles. The summed E-state index contributed by atoms with van der Waals surface area (Å²) < 4.78 is 23.2. The van der Waals surface area contributed by atoms with E-state index >= 15 is 0 Å². The molecule has 1 aliphatic heterocycles. The lowest BCUT2D eigenvalue weighted by Gasteiger charge is -2.23. The molecular weight excluding hydrogens is 324 g/mol. The number of carbonyl (C=O) groups excluding carboxylic acids is 1. The van der Waals surface area contributed by atoms with Crippen LogP contribution in [0.2, 0.25) is 0 Å². The van der Waals surface area contributed by atoms with Crippen molar-refractivity contribution in [3.05, 3.63) is 65.5 Å². The molecule has 0 radical (unpaired) electrons. The van der Waals surface area contributed by atoms with Gasteiger partial charge in [-0.15, -0.1) is 0 Å². The van der Waals surface area contributed by atoms with Gasteiger partial charge in [-0.05, 0) is 31.0 Å². The lowest BCUT2D eigenvalue weighted by molar-refractivity contribution is 0.0915. The van der Waals surface area contributed by atoms with E-state index in [1.165, 1.54) is 0 Å². The van der Waals surface area contributed by atoms with E-state index in [1.807, 2.05) is 36.4 Å². The summed E-state index contributed by atoms with van der Waals surface area (Å²) in [6.45, 7) is 1.77. The second-order valence-corrected chi connectivity index (χ2v) is 8.74. The zero-order valence-corrected chi connectivity index (χ0v) is 14.3. The van der Waals surface area contributed by atoms with Gasteiger partial charge in [-0.3, -0.25) is 9.78 Å². The molecule has 2 aromatic rings. The number of nitrogens with zero attached hydrogens (tertiary/aromatic N) is 1. The van der Waals surface area contributed by atoms with Gasteiger partial charge in [0.25, 0.3) is 5.91 Å². The van der Waals surface area contributed by atoms with Crippen LogP contribution >= 0.6 is 0 Å². The van der Waals surface area contributed by atoms with E-state index in [0.29, 0.717) is 18.4 Å².